The first kappa shape index (κ1) is 19.1. The van der Waals surface area contributed by atoms with Crippen molar-refractivity contribution in [3.63, 3.8) is 0 Å². The van der Waals surface area contributed by atoms with Gasteiger partial charge in [0.2, 0.25) is 11.8 Å². The third kappa shape index (κ3) is 4.00. The molecule has 2 heterocycles. The number of aromatic nitrogens is 1. The van der Waals surface area contributed by atoms with Crippen LogP contribution < -0.4 is 15.0 Å². The lowest BCUT2D eigenvalue weighted by molar-refractivity contribution is -0.122. The van der Waals surface area contributed by atoms with Gasteiger partial charge >= 0.3 is 0 Å². The highest BCUT2D eigenvalue weighted by molar-refractivity contribution is 7.14. The summed E-state index contributed by atoms with van der Waals surface area (Å²) in [7, 11) is 1.58. The fourth-order valence-electron chi connectivity index (χ4n) is 3.41. The summed E-state index contributed by atoms with van der Waals surface area (Å²) in [6.07, 6.45) is 0.167. The third-order valence-corrected chi connectivity index (χ3v) is 5.68. The van der Waals surface area contributed by atoms with Gasteiger partial charge in [0.15, 0.2) is 5.13 Å². The van der Waals surface area contributed by atoms with Crippen LogP contribution in [0.1, 0.15) is 12.0 Å². The molecule has 1 aliphatic rings. The van der Waals surface area contributed by atoms with Gasteiger partial charge in [-0.1, -0.05) is 36.4 Å². The molecule has 1 saturated heterocycles. The maximum absolute atomic E-state index is 12.7. The highest BCUT2D eigenvalue weighted by Crippen LogP contribution is 2.34. The average molecular weight is 407 g/mol. The van der Waals surface area contributed by atoms with Crippen LogP contribution in [0, 0.1) is 12.8 Å². The van der Waals surface area contributed by atoms with Crippen molar-refractivity contribution in [3.05, 3.63) is 59.5 Å². The number of nitrogens with one attached hydrogen (secondary N) is 1. The van der Waals surface area contributed by atoms with Gasteiger partial charge in [0.25, 0.3) is 0 Å². The van der Waals surface area contributed by atoms with Crippen LogP contribution in [0.25, 0.3) is 11.3 Å². The Morgan fingerprint density at radius 1 is 1.24 bits per heavy atom. The molecule has 1 atom stereocenters. The smallest absolute Gasteiger partial charge is 0.231 e. The number of hydrogen-bond acceptors (Lipinski definition) is 5. The van der Waals surface area contributed by atoms with Gasteiger partial charge in [-0.3, -0.25) is 9.59 Å². The number of methoxy groups -OCH3 is 1. The van der Waals surface area contributed by atoms with Crippen LogP contribution in [0.3, 0.4) is 0 Å². The summed E-state index contributed by atoms with van der Waals surface area (Å²) < 4.78 is 5.39. The molecule has 7 heteroatoms. The molecule has 0 saturated carbocycles. The normalized spacial score (nSPS) is 16.1. The molecule has 2 amide bonds. The molecular formula is C22H21N3O3S. The Labute approximate surface area is 173 Å². The molecule has 29 heavy (non-hydrogen) atoms. The summed E-state index contributed by atoms with van der Waals surface area (Å²) in [5, 5.41) is 5.31. The van der Waals surface area contributed by atoms with Gasteiger partial charge in [0.05, 0.1) is 24.4 Å². The molecule has 1 fully saturated rings. The number of amides is 2. The third-order valence-electron chi connectivity index (χ3n) is 4.92. The van der Waals surface area contributed by atoms with E-state index in [4.69, 9.17) is 4.74 Å². The van der Waals surface area contributed by atoms with Crippen LogP contribution in [0.15, 0.2) is 53.9 Å². The van der Waals surface area contributed by atoms with E-state index in [-0.39, 0.29) is 18.2 Å². The van der Waals surface area contributed by atoms with Gasteiger partial charge in [0, 0.05) is 23.9 Å². The Morgan fingerprint density at radius 3 is 2.79 bits per heavy atom. The number of thiazole rings is 1. The summed E-state index contributed by atoms with van der Waals surface area (Å²) in [4.78, 5) is 31.5. The predicted molar refractivity (Wildman–Crippen MR) is 114 cm³/mol. The molecule has 1 unspecified atom stereocenters. The number of carbonyl (C=O) groups excluding carboxylic acids is 2. The van der Waals surface area contributed by atoms with Crippen molar-refractivity contribution in [3.8, 4) is 17.0 Å². The number of anilines is 2. The number of rotatable bonds is 5. The molecule has 3 aromatic rings. The van der Waals surface area contributed by atoms with Crippen LogP contribution >= 0.6 is 11.3 Å². The van der Waals surface area contributed by atoms with Crippen molar-refractivity contribution in [1.82, 2.24) is 4.98 Å². The van der Waals surface area contributed by atoms with E-state index in [0.717, 1.165) is 16.8 Å². The van der Waals surface area contributed by atoms with Crippen molar-refractivity contribution >= 4 is 34.0 Å². The molecule has 148 valence electrons. The van der Waals surface area contributed by atoms with Crippen molar-refractivity contribution in [2.45, 2.75) is 13.3 Å². The second kappa shape index (κ2) is 8.05. The van der Waals surface area contributed by atoms with Crippen molar-refractivity contribution in [2.75, 3.05) is 23.9 Å². The van der Waals surface area contributed by atoms with Gasteiger partial charge in [0.1, 0.15) is 5.75 Å². The molecule has 0 aliphatic carbocycles. The Bertz CT molecular complexity index is 1050. The zero-order valence-electron chi connectivity index (χ0n) is 16.2. The minimum atomic E-state index is -0.434. The SMILES string of the molecule is COc1ccc(C)cc1N1CC(C(=O)Nc2nc(-c3ccccc3)cs2)CC1=O. The molecule has 6 nitrogen and oxygen atoms in total. The van der Waals surface area contributed by atoms with Crippen molar-refractivity contribution < 1.29 is 14.3 Å². The zero-order valence-corrected chi connectivity index (χ0v) is 17.0. The molecule has 0 radical (unpaired) electrons. The van der Waals surface area contributed by atoms with Crippen molar-refractivity contribution in [2.24, 2.45) is 5.92 Å². The first-order valence-electron chi connectivity index (χ1n) is 9.32. The molecule has 4 rings (SSSR count). The van der Waals surface area contributed by atoms with E-state index in [1.54, 1.807) is 12.0 Å². The fourth-order valence-corrected chi connectivity index (χ4v) is 4.13. The molecule has 0 spiro atoms. The van der Waals surface area contributed by atoms with E-state index in [2.05, 4.69) is 10.3 Å². The van der Waals surface area contributed by atoms with E-state index in [1.807, 2.05) is 60.8 Å². The molecular weight excluding hydrogens is 386 g/mol. The Hall–Kier alpha value is -3.19. The predicted octanol–water partition coefficient (Wildman–Crippen LogP) is 4.12. The summed E-state index contributed by atoms with van der Waals surface area (Å²) in [6, 6.07) is 15.5. The monoisotopic (exact) mass is 407 g/mol. The average Bonchev–Trinajstić information content (AvgIpc) is 3.35. The Morgan fingerprint density at radius 2 is 2.03 bits per heavy atom. The largest absolute Gasteiger partial charge is 0.495 e. The quantitative estimate of drug-likeness (QED) is 0.691. The number of nitrogens with zero attached hydrogens (tertiary/aromatic N) is 2. The Balaban J connectivity index is 1.46. The fraction of sp³-hybridized carbons (Fsp3) is 0.227. The maximum Gasteiger partial charge on any atom is 0.231 e. The molecule has 1 N–H and O–H groups in total. The van der Waals surface area contributed by atoms with E-state index in [1.165, 1.54) is 11.3 Å². The lowest BCUT2D eigenvalue weighted by Gasteiger charge is -2.20. The Kier molecular flexibility index (Phi) is 5.31. The minimum absolute atomic E-state index is 0.0850. The van der Waals surface area contributed by atoms with E-state index in [9.17, 15) is 9.59 Å². The number of aryl methyl sites for hydroxylation is 1. The summed E-state index contributed by atoms with van der Waals surface area (Å²) >= 11 is 1.38. The van der Waals surface area contributed by atoms with Crippen LogP contribution in [-0.4, -0.2) is 30.5 Å². The lowest BCUT2D eigenvalue weighted by atomic mass is 10.1. The number of hydrogen-bond donors (Lipinski definition) is 1. The number of carbonyl (C=O) groups is 2. The topological polar surface area (TPSA) is 71.5 Å². The highest BCUT2D eigenvalue weighted by Gasteiger charge is 2.36. The first-order chi connectivity index (χ1) is 14.0. The van der Waals surface area contributed by atoms with Crippen LogP contribution in [0.4, 0.5) is 10.8 Å². The van der Waals surface area contributed by atoms with Gasteiger partial charge in [-0.2, -0.15) is 0 Å². The molecule has 1 aromatic heterocycles. The highest BCUT2D eigenvalue weighted by atomic mass is 32.1. The standard InChI is InChI=1S/C22H21N3O3S/c1-14-8-9-19(28-2)18(10-14)25-12-16(11-20(25)26)21(27)24-22-23-17(13-29-22)15-6-4-3-5-7-15/h3-10,13,16H,11-12H2,1-2H3,(H,23,24,27). The molecule has 0 bridgehead atoms. The van der Waals surface area contributed by atoms with Gasteiger partial charge in [-0.25, -0.2) is 4.98 Å². The molecule has 1 aliphatic heterocycles. The summed E-state index contributed by atoms with van der Waals surface area (Å²) in [6.45, 7) is 2.28. The van der Waals surface area contributed by atoms with E-state index < -0.39 is 5.92 Å². The van der Waals surface area contributed by atoms with E-state index >= 15 is 0 Å². The van der Waals surface area contributed by atoms with Crippen LogP contribution in [0.5, 0.6) is 5.75 Å². The molecule has 2 aromatic carbocycles. The number of ether oxygens (including phenoxy) is 1. The minimum Gasteiger partial charge on any atom is -0.495 e. The summed E-state index contributed by atoms with van der Waals surface area (Å²) in [5.41, 5.74) is 3.55. The van der Waals surface area contributed by atoms with E-state index in [0.29, 0.717) is 23.1 Å². The van der Waals surface area contributed by atoms with Gasteiger partial charge in [-0.15, -0.1) is 11.3 Å². The second-order valence-corrected chi connectivity index (χ2v) is 7.83. The number of benzene rings is 2. The van der Waals surface area contributed by atoms with Crippen molar-refractivity contribution in [1.29, 1.82) is 0 Å². The van der Waals surface area contributed by atoms with Gasteiger partial charge in [-0.05, 0) is 24.6 Å². The van der Waals surface area contributed by atoms with Gasteiger partial charge < -0.3 is 15.0 Å². The maximum atomic E-state index is 12.7. The first-order valence-corrected chi connectivity index (χ1v) is 10.2. The second-order valence-electron chi connectivity index (χ2n) is 6.97. The van der Waals surface area contributed by atoms with Crippen LogP contribution in [0.2, 0.25) is 0 Å². The lowest BCUT2D eigenvalue weighted by Crippen LogP contribution is -2.28. The summed E-state index contributed by atoms with van der Waals surface area (Å²) in [5.74, 6) is -0.0891. The van der Waals surface area contributed by atoms with Crippen LogP contribution in [-0.2, 0) is 9.59 Å². The zero-order chi connectivity index (χ0) is 20.4.